The number of ether oxygens (including phenoxy) is 1. The number of thiophene rings is 1. The summed E-state index contributed by atoms with van der Waals surface area (Å²) in [5.41, 5.74) is 4.67. The Morgan fingerprint density at radius 2 is 2.11 bits per heavy atom. The SMILES string of the molecule is CC(C)(C)OC(=O)NC(C)(CCN)c1cccs1. The topological polar surface area (TPSA) is 64.3 Å². The maximum absolute atomic E-state index is 11.9. The minimum atomic E-state index is -0.497. The molecule has 0 saturated heterocycles. The molecule has 1 atom stereocenters. The molecular formula is C13H22N2O2S. The highest BCUT2D eigenvalue weighted by atomic mass is 32.1. The molecule has 0 aromatic carbocycles. The summed E-state index contributed by atoms with van der Waals surface area (Å²) < 4.78 is 5.29. The summed E-state index contributed by atoms with van der Waals surface area (Å²) >= 11 is 1.60. The summed E-state index contributed by atoms with van der Waals surface area (Å²) in [5.74, 6) is 0. The van der Waals surface area contributed by atoms with E-state index < -0.39 is 17.2 Å². The maximum Gasteiger partial charge on any atom is 0.408 e. The van der Waals surface area contributed by atoms with Crippen molar-refractivity contribution in [3.05, 3.63) is 22.4 Å². The van der Waals surface area contributed by atoms with Crippen molar-refractivity contribution >= 4 is 17.4 Å². The first kappa shape index (κ1) is 15.0. The van der Waals surface area contributed by atoms with Gasteiger partial charge in [0.25, 0.3) is 0 Å². The van der Waals surface area contributed by atoms with Gasteiger partial charge in [-0.1, -0.05) is 6.07 Å². The Hall–Kier alpha value is -1.07. The van der Waals surface area contributed by atoms with E-state index in [1.165, 1.54) is 0 Å². The molecule has 0 aliphatic carbocycles. The first-order chi connectivity index (χ1) is 8.27. The van der Waals surface area contributed by atoms with Crippen LogP contribution in [0.5, 0.6) is 0 Å². The van der Waals surface area contributed by atoms with Gasteiger partial charge in [-0.3, -0.25) is 0 Å². The average molecular weight is 270 g/mol. The monoisotopic (exact) mass is 270 g/mol. The zero-order valence-corrected chi connectivity index (χ0v) is 12.3. The second kappa shape index (κ2) is 5.71. The molecule has 3 N–H and O–H groups in total. The van der Waals surface area contributed by atoms with Gasteiger partial charge in [-0.25, -0.2) is 4.79 Å². The van der Waals surface area contributed by atoms with Crippen LogP contribution in [0.3, 0.4) is 0 Å². The summed E-state index contributed by atoms with van der Waals surface area (Å²) in [6.07, 6.45) is 0.263. The number of rotatable bonds is 4. The molecule has 0 aliphatic heterocycles. The maximum atomic E-state index is 11.9. The Morgan fingerprint density at radius 1 is 1.44 bits per heavy atom. The third-order valence-corrected chi connectivity index (χ3v) is 3.62. The van der Waals surface area contributed by atoms with E-state index in [0.29, 0.717) is 13.0 Å². The molecule has 0 saturated carbocycles. The predicted molar refractivity (Wildman–Crippen MR) is 74.7 cm³/mol. The Kier molecular flexibility index (Phi) is 4.76. The van der Waals surface area contributed by atoms with Gasteiger partial charge in [0.05, 0.1) is 5.54 Å². The lowest BCUT2D eigenvalue weighted by atomic mass is 9.96. The van der Waals surface area contributed by atoms with Crippen molar-refractivity contribution in [2.75, 3.05) is 6.54 Å². The van der Waals surface area contributed by atoms with E-state index in [4.69, 9.17) is 10.5 Å². The number of hydrogen-bond acceptors (Lipinski definition) is 4. The fourth-order valence-electron chi connectivity index (χ4n) is 1.66. The number of nitrogens with two attached hydrogens (primary N) is 1. The number of alkyl carbamates (subject to hydrolysis) is 1. The number of carbonyl (C=O) groups is 1. The van der Waals surface area contributed by atoms with E-state index in [-0.39, 0.29) is 0 Å². The van der Waals surface area contributed by atoms with Gasteiger partial charge < -0.3 is 15.8 Å². The van der Waals surface area contributed by atoms with Crippen molar-refractivity contribution in [2.45, 2.75) is 45.3 Å². The summed E-state index contributed by atoms with van der Waals surface area (Å²) in [7, 11) is 0. The second-order valence-corrected chi connectivity index (χ2v) is 6.42. The van der Waals surface area contributed by atoms with E-state index in [2.05, 4.69) is 5.32 Å². The van der Waals surface area contributed by atoms with Crippen molar-refractivity contribution in [1.29, 1.82) is 0 Å². The summed E-state index contributed by atoms with van der Waals surface area (Å²) in [4.78, 5) is 13.0. The minimum Gasteiger partial charge on any atom is -0.444 e. The van der Waals surface area contributed by atoms with Crippen LogP contribution in [-0.4, -0.2) is 18.2 Å². The number of hydrogen-bond donors (Lipinski definition) is 2. The van der Waals surface area contributed by atoms with Gasteiger partial charge in [-0.15, -0.1) is 11.3 Å². The molecule has 0 spiro atoms. The molecule has 1 amide bonds. The van der Waals surface area contributed by atoms with E-state index in [1.807, 2.05) is 45.2 Å². The first-order valence-electron chi connectivity index (χ1n) is 6.02. The predicted octanol–water partition coefficient (Wildman–Crippen LogP) is 2.84. The Labute approximate surface area is 113 Å². The van der Waals surface area contributed by atoms with E-state index in [1.54, 1.807) is 11.3 Å². The highest BCUT2D eigenvalue weighted by Crippen LogP contribution is 2.28. The molecule has 5 heteroatoms. The van der Waals surface area contributed by atoms with Crippen LogP contribution >= 0.6 is 11.3 Å². The van der Waals surface area contributed by atoms with Crippen LogP contribution in [0.4, 0.5) is 4.79 Å². The molecule has 1 unspecified atom stereocenters. The van der Waals surface area contributed by atoms with Crippen molar-refractivity contribution in [3.8, 4) is 0 Å². The highest BCUT2D eigenvalue weighted by Gasteiger charge is 2.30. The lowest BCUT2D eigenvalue weighted by Gasteiger charge is -2.31. The number of amides is 1. The van der Waals surface area contributed by atoms with Gasteiger partial charge in [-0.05, 0) is 52.1 Å². The molecule has 4 nitrogen and oxygen atoms in total. The summed E-state index contributed by atoms with van der Waals surface area (Å²) in [6, 6.07) is 3.96. The zero-order chi connectivity index (χ0) is 13.8. The minimum absolute atomic E-state index is 0.410. The van der Waals surface area contributed by atoms with Gasteiger partial charge in [0.2, 0.25) is 0 Å². The Bertz CT molecular complexity index is 384. The quantitative estimate of drug-likeness (QED) is 0.884. The zero-order valence-electron chi connectivity index (χ0n) is 11.4. The van der Waals surface area contributed by atoms with Gasteiger partial charge >= 0.3 is 6.09 Å². The van der Waals surface area contributed by atoms with Gasteiger partial charge in [0.1, 0.15) is 5.60 Å². The van der Waals surface area contributed by atoms with Gasteiger partial charge in [-0.2, -0.15) is 0 Å². The van der Waals surface area contributed by atoms with E-state index in [0.717, 1.165) is 4.88 Å². The molecule has 1 rings (SSSR count). The van der Waals surface area contributed by atoms with Gasteiger partial charge in [0.15, 0.2) is 0 Å². The standard InChI is InChI=1S/C13H22N2O2S/c1-12(2,3)17-11(16)15-13(4,7-8-14)10-6-5-9-18-10/h5-6,9H,7-8,14H2,1-4H3,(H,15,16). The van der Waals surface area contributed by atoms with Gasteiger partial charge in [0, 0.05) is 4.88 Å². The van der Waals surface area contributed by atoms with Crippen molar-refractivity contribution in [2.24, 2.45) is 5.73 Å². The van der Waals surface area contributed by atoms with Crippen molar-refractivity contribution < 1.29 is 9.53 Å². The number of nitrogens with one attached hydrogen (secondary N) is 1. The fraction of sp³-hybridized carbons (Fsp3) is 0.615. The summed E-state index contributed by atoms with van der Waals surface area (Å²) in [6.45, 7) is 8.01. The van der Waals surface area contributed by atoms with Crippen LogP contribution in [0.2, 0.25) is 0 Å². The molecular weight excluding hydrogens is 248 g/mol. The Balaban J connectivity index is 2.78. The highest BCUT2D eigenvalue weighted by molar-refractivity contribution is 7.10. The second-order valence-electron chi connectivity index (χ2n) is 5.47. The number of carbonyl (C=O) groups excluding carboxylic acids is 1. The molecule has 0 radical (unpaired) electrons. The first-order valence-corrected chi connectivity index (χ1v) is 6.90. The molecule has 1 aromatic rings. The van der Waals surface area contributed by atoms with Crippen LogP contribution in [0.15, 0.2) is 17.5 Å². The van der Waals surface area contributed by atoms with Crippen molar-refractivity contribution in [1.82, 2.24) is 5.32 Å². The van der Waals surface area contributed by atoms with Crippen LogP contribution < -0.4 is 11.1 Å². The Morgan fingerprint density at radius 3 is 2.56 bits per heavy atom. The largest absolute Gasteiger partial charge is 0.444 e. The van der Waals surface area contributed by atoms with E-state index in [9.17, 15) is 4.79 Å². The molecule has 1 heterocycles. The molecule has 102 valence electrons. The molecule has 0 fully saturated rings. The third kappa shape index (κ3) is 4.31. The van der Waals surface area contributed by atoms with Crippen LogP contribution in [0.25, 0.3) is 0 Å². The average Bonchev–Trinajstić information content (AvgIpc) is 2.66. The normalized spacial score (nSPS) is 14.9. The fourth-order valence-corrected chi connectivity index (χ4v) is 2.53. The third-order valence-electron chi connectivity index (χ3n) is 2.49. The van der Waals surface area contributed by atoms with Crippen LogP contribution in [0, 0.1) is 0 Å². The molecule has 0 bridgehead atoms. The van der Waals surface area contributed by atoms with Crippen LogP contribution in [-0.2, 0) is 10.3 Å². The van der Waals surface area contributed by atoms with Crippen molar-refractivity contribution in [3.63, 3.8) is 0 Å². The van der Waals surface area contributed by atoms with Crippen LogP contribution in [0.1, 0.15) is 39.0 Å². The lowest BCUT2D eigenvalue weighted by molar-refractivity contribution is 0.0459. The lowest BCUT2D eigenvalue weighted by Crippen LogP contribution is -2.46. The molecule has 18 heavy (non-hydrogen) atoms. The molecule has 0 aliphatic rings. The summed E-state index contributed by atoms with van der Waals surface area (Å²) in [5, 5.41) is 4.91. The smallest absolute Gasteiger partial charge is 0.408 e. The molecule has 1 aromatic heterocycles. The van der Waals surface area contributed by atoms with E-state index >= 15 is 0 Å².